The highest BCUT2D eigenvalue weighted by Gasteiger charge is 2.20. The molecule has 56 heavy (non-hydrogen) atoms. The van der Waals surface area contributed by atoms with E-state index in [4.69, 9.17) is 14.4 Å². The van der Waals surface area contributed by atoms with Crippen molar-refractivity contribution in [3.8, 4) is 67.3 Å². The zero-order chi connectivity index (χ0) is 37.0. The number of hydrogen-bond donors (Lipinski definition) is 0. The number of benzene rings is 8. The van der Waals surface area contributed by atoms with E-state index in [0.29, 0.717) is 5.82 Å². The first-order valence-electron chi connectivity index (χ1n) is 18.8. The van der Waals surface area contributed by atoms with Gasteiger partial charge in [-0.1, -0.05) is 164 Å². The van der Waals surface area contributed by atoms with Gasteiger partial charge in [0.05, 0.1) is 11.4 Å². The molecule has 3 nitrogen and oxygen atoms in total. The van der Waals surface area contributed by atoms with Gasteiger partial charge in [0.25, 0.3) is 0 Å². The molecule has 0 aliphatic rings. The highest BCUT2D eigenvalue weighted by molar-refractivity contribution is 7.25. The Morgan fingerprint density at radius 3 is 1.75 bits per heavy atom. The lowest BCUT2D eigenvalue weighted by Crippen LogP contribution is -1.97. The van der Waals surface area contributed by atoms with E-state index in [9.17, 15) is 0 Å². The molecule has 0 fully saturated rings. The first kappa shape index (κ1) is 32.3. The Labute approximate surface area is 327 Å². The third kappa shape index (κ3) is 5.42. The number of hydrogen-bond acceptors (Lipinski definition) is 4. The summed E-state index contributed by atoms with van der Waals surface area (Å²) in [7, 11) is 0. The molecule has 262 valence electrons. The molecule has 11 rings (SSSR count). The van der Waals surface area contributed by atoms with Gasteiger partial charge in [-0.15, -0.1) is 11.3 Å². The van der Waals surface area contributed by atoms with E-state index in [-0.39, 0.29) is 0 Å². The van der Waals surface area contributed by atoms with Crippen LogP contribution >= 0.6 is 11.3 Å². The van der Waals surface area contributed by atoms with Crippen molar-refractivity contribution in [2.75, 3.05) is 0 Å². The van der Waals surface area contributed by atoms with Crippen molar-refractivity contribution in [1.82, 2.24) is 9.97 Å². The molecule has 0 spiro atoms. The van der Waals surface area contributed by atoms with Gasteiger partial charge >= 0.3 is 0 Å². The Morgan fingerprint density at radius 1 is 0.357 bits per heavy atom. The van der Waals surface area contributed by atoms with E-state index < -0.39 is 0 Å². The molecule has 0 saturated heterocycles. The van der Waals surface area contributed by atoms with E-state index >= 15 is 0 Å². The zero-order valence-corrected chi connectivity index (χ0v) is 31.0. The standard InChI is InChI=1S/C52H32N2OS/c1-3-14-33(15-4-1)37-18-7-8-19-39(37)45-32-44(35-16-5-2-6-17-35)53-52(54-45)36-28-26-34(27-29-36)38-30-31-41(50-42-20-9-11-23-46(42)55-51(38)50)40-22-13-25-48-49(40)43-21-10-12-24-47(43)56-48/h1-32H. The molecule has 11 aromatic rings. The fraction of sp³-hybridized carbons (Fsp3) is 0. The van der Waals surface area contributed by atoms with Crippen LogP contribution in [0.5, 0.6) is 0 Å². The van der Waals surface area contributed by atoms with Crippen LogP contribution in [-0.4, -0.2) is 9.97 Å². The van der Waals surface area contributed by atoms with Crippen molar-refractivity contribution in [2.24, 2.45) is 0 Å². The van der Waals surface area contributed by atoms with Gasteiger partial charge in [0, 0.05) is 53.2 Å². The molecule has 4 heteroatoms. The minimum absolute atomic E-state index is 0.677. The van der Waals surface area contributed by atoms with Crippen molar-refractivity contribution in [1.29, 1.82) is 0 Å². The number of rotatable bonds is 6. The van der Waals surface area contributed by atoms with Crippen molar-refractivity contribution < 1.29 is 4.42 Å². The van der Waals surface area contributed by atoms with E-state index in [0.717, 1.165) is 72.3 Å². The van der Waals surface area contributed by atoms with Gasteiger partial charge < -0.3 is 4.42 Å². The summed E-state index contributed by atoms with van der Waals surface area (Å²) in [6.07, 6.45) is 0. The van der Waals surface area contributed by atoms with Crippen LogP contribution in [0, 0.1) is 0 Å². The predicted molar refractivity (Wildman–Crippen MR) is 235 cm³/mol. The van der Waals surface area contributed by atoms with Crippen LogP contribution in [0.15, 0.2) is 199 Å². The minimum Gasteiger partial charge on any atom is -0.455 e. The Balaban J connectivity index is 1.05. The lowest BCUT2D eigenvalue weighted by Gasteiger charge is -2.13. The maximum atomic E-state index is 6.75. The van der Waals surface area contributed by atoms with Gasteiger partial charge in [-0.3, -0.25) is 0 Å². The smallest absolute Gasteiger partial charge is 0.160 e. The number of aromatic nitrogens is 2. The first-order valence-corrected chi connectivity index (χ1v) is 19.6. The molecule has 3 aromatic heterocycles. The number of thiophene rings is 1. The van der Waals surface area contributed by atoms with E-state index in [2.05, 4.69) is 176 Å². The van der Waals surface area contributed by atoms with Crippen LogP contribution in [-0.2, 0) is 0 Å². The van der Waals surface area contributed by atoms with E-state index in [1.165, 1.54) is 31.3 Å². The summed E-state index contributed by atoms with van der Waals surface area (Å²) < 4.78 is 9.33. The topological polar surface area (TPSA) is 38.9 Å². The highest BCUT2D eigenvalue weighted by Crippen LogP contribution is 2.46. The quantitative estimate of drug-likeness (QED) is 0.171. The maximum Gasteiger partial charge on any atom is 0.160 e. The molecular weight excluding hydrogens is 701 g/mol. The number of para-hydroxylation sites is 1. The van der Waals surface area contributed by atoms with Gasteiger partial charge in [0.1, 0.15) is 11.2 Å². The summed E-state index contributed by atoms with van der Waals surface area (Å²) in [5, 5.41) is 4.82. The van der Waals surface area contributed by atoms with E-state index in [1.807, 2.05) is 29.5 Å². The molecule has 0 unspecified atom stereocenters. The van der Waals surface area contributed by atoms with Crippen molar-refractivity contribution >= 4 is 53.4 Å². The third-order valence-corrected chi connectivity index (χ3v) is 11.9. The molecule has 0 saturated carbocycles. The summed E-state index contributed by atoms with van der Waals surface area (Å²) in [5.74, 6) is 0.677. The Hall–Kier alpha value is -7.14. The second kappa shape index (κ2) is 13.3. The Bertz CT molecular complexity index is 3240. The molecule has 0 aliphatic heterocycles. The zero-order valence-electron chi connectivity index (χ0n) is 30.2. The van der Waals surface area contributed by atoms with Crippen LogP contribution in [0.4, 0.5) is 0 Å². The van der Waals surface area contributed by atoms with Crippen molar-refractivity contribution in [2.45, 2.75) is 0 Å². The summed E-state index contributed by atoms with van der Waals surface area (Å²) in [4.78, 5) is 10.4. The molecule has 0 N–H and O–H groups in total. The molecule has 0 atom stereocenters. The molecule has 0 bridgehead atoms. The summed E-state index contributed by atoms with van der Waals surface area (Å²) in [6.45, 7) is 0. The maximum absolute atomic E-state index is 6.75. The van der Waals surface area contributed by atoms with Gasteiger partial charge in [0.15, 0.2) is 5.82 Å². The number of furan rings is 1. The summed E-state index contributed by atoms with van der Waals surface area (Å²) in [5.41, 5.74) is 13.4. The summed E-state index contributed by atoms with van der Waals surface area (Å²) in [6, 6.07) is 68.3. The Kier molecular flexibility index (Phi) is 7.68. The van der Waals surface area contributed by atoms with Crippen LogP contribution < -0.4 is 0 Å². The average molecular weight is 733 g/mol. The van der Waals surface area contributed by atoms with Crippen LogP contribution in [0.25, 0.3) is 109 Å². The molecule has 3 heterocycles. The number of fused-ring (bicyclic) bond motifs is 6. The van der Waals surface area contributed by atoms with Gasteiger partial charge in [-0.25, -0.2) is 9.97 Å². The third-order valence-electron chi connectivity index (χ3n) is 10.8. The van der Waals surface area contributed by atoms with Crippen LogP contribution in [0.1, 0.15) is 0 Å². The second-order valence-electron chi connectivity index (χ2n) is 14.1. The molecule has 0 amide bonds. The molecule has 8 aromatic carbocycles. The van der Waals surface area contributed by atoms with Gasteiger partial charge in [-0.2, -0.15) is 0 Å². The normalized spacial score (nSPS) is 11.6. The highest BCUT2D eigenvalue weighted by atomic mass is 32.1. The lowest BCUT2D eigenvalue weighted by atomic mass is 9.92. The summed E-state index contributed by atoms with van der Waals surface area (Å²) >= 11 is 1.85. The molecular formula is C52H32N2OS. The number of nitrogens with zero attached hydrogens (tertiary/aromatic N) is 2. The van der Waals surface area contributed by atoms with Crippen molar-refractivity contribution in [3.63, 3.8) is 0 Å². The van der Waals surface area contributed by atoms with Gasteiger partial charge in [0.2, 0.25) is 0 Å². The average Bonchev–Trinajstić information content (AvgIpc) is 3.86. The second-order valence-corrected chi connectivity index (χ2v) is 15.1. The van der Waals surface area contributed by atoms with Crippen molar-refractivity contribution in [3.05, 3.63) is 194 Å². The SMILES string of the molecule is c1ccc(-c2cc(-c3ccccc3-c3ccccc3)nc(-c3ccc(-c4ccc(-c5cccc6sc7ccccc7c56)c5c4oc4ccccc45)cc3)n2)cc1. The fourth-order valence-corrected chi connectivity index (χ4v) is 9.26. The minimum atomic E-state index is 0.677. The fourth-order valence-electron chi connectivity index (χ4n) is 8.12. The monoisotopic (exact) mass is 732 g/mol. The van der Waals surface area contributed by atoms with Crippen LogP contribution in [0.3, 0.4) is 0 Å². The van der Waals surface area contributed by atoms with E-state index in [1.54, 1.807) is 0 Å². The largest absolute Gasteiger partial charge is 0.455 e. The van der Waals surface area contributed by atoms with Gasteiger partial charge in [-0.05, 0) is 58.1 Å². The molecule has 0 aliphatic carbocycles. The predicted octanol–water partition coefficient (Wildman–Crippen LogP) is 14.7. The lowest BCUT2D eigenvalue weighted by molar-refractivity contribution is 0.670. The van der Waals surface area contributed by atoms with Crippen LogP contribution in [0.2, 0.25) is 0 Å². The first-order chi connectivity index (χ1) is 27.8. The Morgan fingerprint density at radius 2 is 0.929 bits per heavy atom. The molecule has 0 radical (unpaired) electrons.